The third-order valence-corrected chi connectivity index (χ3v) is 2.01. The van der Waals surface area contributed by atoms with E-state index in [1.165, 1.54) is 25.3 Å². The van der Waals surface area contributed by atoms with Gasteiger partial charge in [-0.2, -0.15) is 0 Å². The van der Waals surface area contributed by atoms with Crippen molar-refractivity contribution in [1.29, 1.82) is 0 Å². The second kappa shape index (κ2) is 8.25. The van der Waals surface area contributed by atoms with Gasteiger partial charge in [0.15, 0.2) is 17.4 Å². The molecule has 0 amide bonds. The molecule has 9 nitrogen and oxygen atoms in total. The van der Waals surface area contributed by atoms with E-state index in [4.69, 9.17) is 5.11 Å². The monoisotopic (exact) mass is 302 g/mol. The maximum atomic E-state index is 10.8. The van der Waals surface area contributed by atoms with Crippen LogP contribution in [0.2, 0.25) is 0 Å². The largest absolute Gasteiger partial charge is 0.477 e. The van der Waals surface area contributed by atoms with Crippen molar-refractivity contribution in [3.05, 3.63) is 23.0 Å². The molecule has 22 heavy (non-hydrogen) atoms. The number of aromatic nitrogens is 4. The second-order valence-corrected chi connectivity index (χ2v) is 4.15. The number of hydrogen-bond donors (Lipinski definition) is 1. The number of carbonyl (C=O) groups is 2. The average molecular weight is 302 g/mol. The molecule has 0 unspecified atom stereocenters. The fraction of sp³-hybridized carbons (Fsp3) is 0.231. The maximum absolute atomic E-state index is 10.8. The number of carboxylic acids is 1. The lowest BCUT2D eigenvalue weighted by molar-refractivity contribution is -0.128. The van der Waals surface area contributed by atoms with Crippen molar-refractivity contribution in [3.63, 3.8) is 0 Å². The lowest BCUT2D eigenvalue weighted by Crippen LogP contribution is -2.00. The van der Waals surface area contributed by atoms with E-state index in [0.29, 0.717) is 11.4 Å². The predicted octanol–water partition coefficient (Wildman–Crippen LogP) is 0.803. The summed E-state index contributed by atoms with van der Waals surface area (Å²) in [5.41, 5.74) is 0.931. The van der Waals surface area contributed by atoms with E-state index in [0.717, 1.165) is 6.21 Å². The van der Waals surface area contributed by atoms with E-state index in [1.807, 2.05) is 0 Å². The molecule has 1 aromatic heterocycles. The molecule has 9 heteroatoms. The van der Waals surface area contributed by atoms with Crippen molar-refractivity contribution in [3.8, 4) is 0 Å². The minimum atomic E-state index is -1.15. The number of carbonyl (C=O) groups excluding carboxylic acids is 1. The van der Waals surface area contributed by atoms with E-state index in [2.05, 4.69) is 30.4 Å². The van der Waals surface area contributed by atoms with E-state index < -0.39 is 5.97 Å². The average Bonchev–Trinajstić information content (AvgIpc) is 2.45. The standard InChI is InChI=1S/C13H14N6O3/c1-8(14-6-10(3)20)4-11-16-18-12(19-17-11)5-9(2)15-7-13(21)22/h4-7H,1-3H3,(H,21,22)/b8-4+,9-5+,14-6?,15-7?. The third-order valence-electron chi connectivity index (χ3n) is 2.01. The van der Waals surface area contributed by atoms with E-state index >= 15 is 0 Å². The van der Waals surface area contributed by atoms with Crippen LogP contribution in [0.15, 0.2) is 21.4 Å². The molecule has 0 spiro atoms. The highest BCUT2D eigenvalue weighted by atomic mass is 16.4. The van der Waals surface area contributed by atoms with Gasteiger partial charge in [-0.05, 0) is 13.8 Å². The molecule has 0 bridgehead atoms. The first kappa shape index (κ1) is 17.0. The number of aliphatic carboxylic acids is 1. The molecule has 0 saturated carbocycles. The number of allylic oxidation sites excluding steroid dienone is 2. The van der Waals surface area contributed by atoms with Crippen LogP contribution in [-0.2, 0) is 9.59 Å². The van der Waals surface area contributed by atoms with Crippen molar-refractivity contribution in [2.75, 3.05) is 0 Å². The van der Waals surface area contributed by atoms with Gasteiger partial charge >= 0.3 is 5.97 Å². The molecule has 0 fully saturated rings. The summed E-state index contributed by atoms with van der Waals surface area (Å²) in [6.45, 7) is 4.67. The summed E-state index contributed by atoms with van der Waals surface area (Å²) >= 11 is 0. The Labute approximate surface area is 126 Å². The second-order valence-electron chi connectivity index (χ2n) is 4.15. The highest BCUT2D eigenvalue weighted by molar-refractivity contribution is 6.26. The molecule has 0 saturated heterocycles. The molecule has 1 heterocycles. The number of carboxylic acid groups (broad SMARTS) is 1. The van der Waals surface area contributed by atoms with Gasteiger partial charge in [0.1, 0.15) is 6.21 Å². The van der Waals surface area contributed by atoms with Crippen LogP contribution in [0, 0.1) is 0 Å². The fourth-order valence-electron chi connectivity index (χ4n) is 1.16. The van der Waals surface area contributed by atoms with Gasteiger partial charge in [0, 0.05) is 30.5 Å². The first-order valence-corrected chi connectivity index (χ1v) is 6.12. The topological polar surface area (TPSA) is 131 Å². The zero-order valence-corrected chi connectivity index (χ0v) is 12.3. The Morgan fingerprint density at radius 3 is 1.64 bits per heavy atom. The van der Waals surface area contributed by atoms with Gasteiger partial charge in [-0.3, -0.25) is 14.8 Å². The summed E-state index contributed by atoms with van der Waals surface area (Å²) < 4.78 is 0. The number of Topliss-reactive ketones (excluding diaryl/α,β-unsaturated/α-hetero) is 1. The van der Waals surface area contributed by atoms with Crippen LogP contribution in [0.4, 0.5) is 0 Å². The molecule has 0 aliphatic carbocycles. The molecule has 1 N–H and O–H groups in total. The zero-order chi connectivity index (χ0) is 16.5. The maximum Gasteiger partial charge on any atom is 0.346 e. The van der Waals surface area contributed by atoms with E-state index in [9.17, 15) is 9.59 Å². The van der Waals surface area contributed by atoms with Crippen molar-refractivity contribution >= 4 is 36.3 Å². The van der Waals surface area contributed by atoms with Crippen LogP contribution in [-0.4, -0.2) is 49.7 Å². The summed E-state index contributed by atoms with van der Waals surface area (Å²) in [7, 11) is 0. The highest BCUT2D eigenvalue weighted by Crippen LogP contribution is 2.03. The number of aliphatic imine (C=N–C) groups is 2. The molecular weight excluding hydrogens is 288 g/mol. The fourth-order valence-corrected chi connectivity index (χ4v) is 1.16. The number of rotatable bonds is 6. The van der Waals surface area contributed by atoms with Crippen molar-refractivity contribution in [2.45, 2.75) is 20.8 Å². The minimum Gasteiger partial charge on any atom is -0.477 e. The minimum absolute atomic E-state index is 0.164. The highest BCUT2D eigenvalue weighted by Gasteiger charge is 1.99. The summed E-state index contributed by atoms with van der Waals surface area (Å²) in [5.74, 6) is -0.876. The van der Waals surface area contributed by atoms with E-state index in [-0.39, 0.29) is 17.4 Å². The lowest BCUT2D eigenvalue weighted by atomic mass is 10.4. The molecule has 0 aliphatic heterocycles. The van der Waals surface area contributed by atoms with Gasteiger partial charge in [-0.1, -0.05) is 0 Å². The van der Waals surface area contributed by atoms with Crippen LogP contribution in [0.5, 0.6) is 0 Å². The number of ketones is 1. The lowest BCUT2D eigenvalue weighted by Gasteiger charge is -1.94. The Kier molecular flexibility index (Phi) is 6.35. The van der Waals surface area contributed by atoms with Crippen LogP contribution in [0.1, 0.15) is 32.4 Å². The SMILES string of the molecule is CC(=O)C=N/C(C)=C/c1nnc(/C=C(\C)N=CC(=O)O)nn1. The van der Waals surface area contributed by atoms with Crippen LogP contribution in [0.25, 0.3) is 12.2 Å². The van der Waals surface area contributed by atoms with Gasteiger partial charge in [0.25, 0.3) is 0 Å². The Morgan fingerprint density at radius 2 is 1.27 bits per heavy atom. The number of nitrogens with zero attached hydrogens (tertiary/aromatic N) is 6. The summed E-state index contributed by atoms with van der Waals surface area (Å²) in [5, 5.41) is 23.7. The van der Waals surface area contributed by atoms with E-state index in [1.54, 1.807) is 13.8 Å². The van der Waals surface area contributed by atoms with Gasteiger partial charge in [0.2, 0.25) is 0 Å². The summed E-state index contributed by atoms with van der Waals surface area (Å²) in [6.07, 6.45) is 4.91. The van der Waals surface area contributed by atoms with Gasteiger partial charge < -0.3 is 5.11 Å². The summed E-state index contributed by atoms with van der Waals surface area (Å²) in [6, 6.07) is 0. The van der Waals surface area contributed by atoms with Crippen LogP contribution in [0.3, 0.4) is 0 Å². The smallest absolute Gasteiger partial charge is 0.346 e. The Morgan fingerprint density at radius 1 is 0.864 bits per heavy atom. The van der Waals surface area contributed by atoms with Gasteiger partial charge in [-0.25, -0.2) is 4.79 Å². The van der Waals surface area contributed by atoms with Crippen LogP contribution < -0.4 is 0 Å². The Bertz CT molecular complexity index is 615. The van der Waals surface area contributed by atoms with Crippen molar-refractivity contribution in [2.24, 2.45) is 9.98 Å². The first-order chi connectivity index (χ1) is 10.4. The Hall–Kier alpha value is -3.10. The molecule has 1 aromatic rings. The summed E-state index contributed by atoms with van der Waals surface area (Å²) in [4.78, 5) is 28.6. The molecular formula is C13H14N6O3. The van der Waals surface area contributed by atoms with Gasteiger partial charge in [-0.15, -0.1) is 20.4 Å². The molecule has 0 aliphatic rings. The Balaban J connectivity index is 2.83. The normalized spacial score (nSPS) is 13.0. The van der Waals surface area contributed by atoms with Crippen molar-refractivity contribution in [1.82, 2.24) is 20.4 Å². The van der Waals surface area contributed by atoms with Crippen molar-refractivity contribution < 1.29 is 14.7 Å². The first-order valence-electron chi connectivity index (χ1n) is 6.12. The molecule has 1 rings (SSSR count). The quantitative estimate of drug-likeness (QED) is 0.769. The molecule has 0 radical (unpaired) electrons. The van der Waals surface area contributed by atoms with Crippen LogP contribution >= 0.6 is 0 Å². The molecule has 0 atom stereocenters. The zero-order valence-electron chi connectivity index (χ0n) is 12.3. The molecule has 114 valence electrons. The number of hydrogen-bond acceptors (Lipinski definition) is 8. The van der Waals surface area contributed by atoms with Gasteiger partial charge in [0.05, 0.1) is 6.21 Å². The predicted molar refractivity (Wildman–Crippen MR) is 80.2 cm³/mol. The third kappa shape index (κ3) is 6.89. The molecule has 0 aromatic carbocycles.